The molecule has 0 saturated carbocycles. The Bertz CT molecular complexity index is 206. The predicted octanol–water partition coefficient (Wildman–Crippen LogP) is 0.695. The van der Waals surface area contributed by atoms with E-state index in [-0.39, 0.29) is 0 Å². The number of nitriles is 1. The highest BCUT2D eigenvalue weighted by atomic mass is 16.4. The Morgan fingerprint density at radius 2 is 2.17 bits per heavy atom. The molecule has 1 N–H and O–H groups in total. The molecule has 0 fully saturated rings. The van der Waals surface area contributed by atoms with Crippen molar-refractivity contribution in [2.24, 2.45) is 0 Å². The van der Waals surface area contributed by atoms with Crippen LogP contribution in [0.2, 0.25) is 0 Å². The van der Waals surface area contributed by atoms with E-state index in [1.807, 2.05) is 6.07 Å². The molecular formula is C8H14N2O2. The summed E-state index contributed by atoms with van der Waals surface area (Å²) >= 11 is 0. The van der Waals surface area contributed by atoms with Crippen molar-refractivity contribution in [2.45, 2.75) is 25.8 Å². The molecule has 0 aliphatic heterocycles. The third kappa shape index (κ3) is 2.51. The normalized spacial score (nSPS) is 11.2. The topological polar surface area (TPSA) is 64.3 Å². The predicted molar refractivity (Wildman–Crippen MR) is 44.6 cm³/mol. The minimum atomic E-state index is -0.892. The Balaban J connectivity index is 4.17. The van der Waals surface area contributed by atoms with E-state index in [4.69, 9.17) is 10.4 Å². The Morgan fingerprint density at radius 1 is 1.67 bits per heavy atom. The Kier molecular flexibility index (Phi) is 3.71. The molecular weight excluding hydrogens is 156 g/mol. The molecule has 0 saturated heterocycles. The van der Waals surface area contributed by atoms with Crippen LogP contribution < -0.4 is 0 Å². The van der Waals surface area contributed by atoms with Gasteiger partial charge in [-0.1, -0.05) is 0 Å². The minimum Gasteiger partial charge on any atom is -0.480 e. The van der Waals surface area contributed by atoms with Gasteiger partial charge in [-0.3, -0.25) is 9.69 Å². The quantitative estimate of drug-likeness (QED) is 0.674. The van der Waals surface area contributed by atoms with E-state index in [0.29, 0.717) is 13.0 Å². The number of nitrogens with zero attached hydrogens (tertiary/aromatic N) is 2. The van der Waals surface area contributed by atoms with Crippen molar-refractivity contribution >= 4 is 5.97 Å². The molecule has 0 aromatic carbocycles. The lowest BCUT2D eigenvalue weighted by Gasteiger charge is -2.30. The second-order valence-corrected chi connectivity index (χ2v) is 3.19. The average molecular weight is 170 g/mol. The monoisotopic (exact) mass is 170 g/mol. The SMILES string of the molecule is CN(CCC#N)C(C)(C)C(=O)O. The second-order valence-electron chi connectivity index (χ2n) is 3.19. The Morgan fingerprint density at radius 3 is 2.50 bits per heavy atom. The van der Waals surface area contributed by atoms with Crippen molar-refractivity contribution in [3.05, 3.63) is 0 Å². The first-order valence-electron chi connectivity index (χ1n) is 3.74. The first-order chi connectivity index (χ1) is 5.42. The van der Waals surface area contributed by atoms with Crippen LogP contribution in [0.25, 0.3) is 0 Å². The molecule has 0 rings (SSSR count). The van der Waals surface area contributed by atoms with Crippen LogP contribution in [0.4, 0.5) is 0 Å². The van der Waals surface area contributed by atoms with Crippen LogP contribution in [0.3, 0.4) is 0 Å². The molecule has 0 aromatic heterocycles. The van der Waals surface area contributed by atoms with Crippen molar-refractivity contribution in [3.8, 4) is 6.07 Å². The number of carbonyl (C=O) groups is 1. The fraction of sp³-hybridized carbons (Fsp3) is 0.750. The van der Waals surface area contributed by atoms with Gasteiger partial charge in [-0.2, -0.15) is 5.26 Å². The number of rotatable bonds is 4. The number of hydrogen-bond donors (Lipinski definition) is 1. The van der Waals surface area contributed by atoms with Crippen molar-refractivity contribution < 1.29 is 9.90 Å². The molecule has 0 atom stereocenters. The van der Waals surface area contributed by atoms with Crippen molar-refractivity contribution in [1.29, 1.82) is 5.26 Å². The third-order valence-corrected chi connectivity index (χ3v) is 2.04. The van der Waals surface area contributed by atoms with Crippen LogP contribution in [-0.2, 0) is 4.79 Å². The van der Waals surface area contributed by atoms with Gasteiger partial charge in [-0.05, 0) is 20.9 Å². The van der Waals surface area contributed by atoms with E-state index >= 15 is 0 Å². The molecule has 0 amide bonds. The lowest BCUT2D eigenvalue weighted by Crippen LogP contribution is -2.48. The molecule has 4 nitrogen and oxygen atoms in total. The van der Waals surface area contributed by atoms with Gasteiger partial charge < -0.3 is 5.11 Å². The maximum atomic E-state index is 10.7. The van der Waals surface area contributed by atoms with Gasteiger partial charge >= 0.3 is 5.97 Å². The zero-order chi connectivity index (χ0) is 9.78. The van der Waals surface area contributed by atoms with Crippen LogP contribution in [0.15, 0.2) is 0 Å². The fourth-order valence-corrected chi connectivity index (χ4v) is 0.660. The maximum absolute atomic E-state index is 10.7. The van der Waals surface area contributed by atoms with Crippen LogP contribution in [0.5, 0.6) is 0 Å². The zero-order valence-corrected chi connectivity index (χ0v) is 7.66. The summed E-state index contributed by atoms with van der Waals surface area (Å²) in [5.41, 5.74) is -0.892. The number of hydrogen-bond acceptors (Lipinski definition) is 3. The number of carboxylic acid groups (broad SMARTS) is 1. The summed E-state index contributed by atoms with van der Waals surface area (Å²) in [4.78, 5) is 12.4. The highest BCUT2D eigenvalue weighted by Gasteiger charge is 2.31. The maximum Gasteiger partial charge on any atom is 0.323 e. The van der Waals surface area contributed by atoms with Crippen LogP contribution in [0.1, 0.15) is 20.3 Å². The lowest BCUT2D eigenvalue weighted by atomic mass is 10.0. The summed E-state index contributed by atoms with van der Waals surface area (Å²) in [6, 6.07) is 1.98. The molecule has 0 bridgehead atoms. The average Bonchev–Trinajstić information content (AvgIpc) is 1.99. The molecule has 0 aliphatic rings. The van der Waals surface area contributed by atoms with Gasteiger partial charge in [-0.15, -0.1) is 0 Å². The molecule has 0 aromatic rings. The third-order valence-electron chi connectivity index (χ3n) is 2.04. The molecule has 0 spiro atoms. The summed E-state index contributed by atoms with van der Waals surface area (Å²) in [6.45, 7) is 3.72. The van der Waals surface area contributed by atoms with E-state index in [0.717, 1.165) is 0 Å². The number of likely N-dealkylation sites (N-methyl/N-ethyl adjacent to an activating group) is 1. The molecule has 12 heavy (non-hydrogen) atoms. The molecule has 68 valence electrons. The standard InChI is InChI=1S/C8H14N2O2/c1-8(2,7(11)12)10(3)6-4-5-9/h4,6H2,1-3H3,(H,11,12). The van der Waals surface area contributed by atoms with E-state index in [1.165, 1.54) is 0 Å². The summed E-state index contributed by atoms with van der Waals surface area (Å²) in [5.74, 6) is -0.872. The van der Waals surface area contributed by atoms with Crippen LogP contribution in [0, 0.1) is 11.3 Å². The smallest absolute Gasteiger partial charge is 0.323 e. The highest BCUT2D eigenvalue weighted by Crippen LogP contribution is 2.11. The number of carboxylic acids is 1. The second kappa shape index (κ2) is 4.07. The van der Waals surface area contributed by atoms with Gasteiger partial charge in [0.25, 0.3) is 0 Å². The van der Waals surface area contributed by atoms with Gasteiger partial charge in [-0.25, -0.2) is 0 Å². The molecule has 0 heterocycles. The van der Waals surface area contributed by atoms with E-state index in [2.05, 4.69) is 0 Å². The molecule has 0 aliphatic carbocycles. The fourth-order valence-electron chi connectivity index (χ4n) is 0.660. The van der Waals surface area contributed by atoms with Gasteiger partial charge in [0.1, 0.15) is 5.54 Å². The van der Waals surface area contributed by atoms with E-state index in [1.54, 1.807) is 25.8 Å². The van der Waals surface area contributed by atoms with Gasteiger partial charge in [0.05, 0.1) is 6.07 Å². The largest absolute Gasteiger partial charge is 0.480 e. The van der Waals surface area contributed by atoms with Crippen LogP contribution >= 0.6 is 0 Å². The van der Waals surface area contributed by atoms with Crippen molar-refractivity contribution in [2.75, 3.05) is 13.6 Å². The Hall–Kier alpha value is -1.08. The molecule has 4 heteroatoms. The summed E-state index contributed by atoms with van der Waals surface area (Å²) in [5, 5.41) is 17.1. The highest BCUT2D eigenvalue weighted by molar-refractivity contribution is 5.77. The summed E-state index contributed by atoms with van der Waals surface area (Å²) in [6.07, 6.45) is 0.354. The Labute approximate surface area is 72.4 Å². The molecule has 0 unspecified atom stereocenters. The van der Waals surface area contributed by atoms with E-state index < -0.39 is 11.5 Å². The minimum absolute atomic E-state index is 0.354. The van der Waals surface area contributed by atoms with Crippen molar-refractivity contribution in [1.82, 2.24) is 4.90 Å². The summed E-state index contributed by atoms with van der Waals surface area (Å²) in [7, 11) is 1.70. The van der Waals surface area contributed by atoms with E-state index in [9.17, 15) is 4.79 Å². The molecule has 0 radical (unpaired) electrons. The van der Waals surface area contributed by atoms with Gasteiger partial charge in [0, 0.05) is 13.0 Å². The first-order valence-corrected chi connectivity index (χ1v) is 3.74. The van der Waals surface area contributed by atoms with Crippen LogP contribution in [-0.4, -0.2) is 35.1 Å². The van der Waals surface area contributed by atoms with Gasteiger partial charge in [0.15, 0.2) is 0 Å². The van der Waals surface area contributed by atoms with Gasteiger partial charge in [0.2, 0.25) is 0 Å². The summed E-state index contributed by atoms with van der Waals surface area (Å²) < 4.78 is 0. The lowest BCUT2D eigenvalue weighted by molar-refractivity contribution is -0.148. The first kappa shape index (κ1) is 10.9. The zero-order valence-electron chi connectivity index (χ0n) is 7.66. The van der Waals surface area contributed by atoms with Crippen molar-refractivity contribution in [3.63, 3.8) is 0 Å². The number of aliphatic carboxylic acids is 1.